The molecular formula is C18H14N2O2. The molecule has 4 nitrogen and oxygen atoms in total. The number of hydrogen-bond donors (Lipinski definition) is 0. The minimum atomic E-state index is 0.585. The molecule has 0 N–H and O–H groups in total. The van der Waals surface area contributed by atoms with Crippen LogP contribution >= 0.6 is 0 Å². The van der Waals surface area contributed by atoms with E-state index in [0.29, 0.717) is 11.4 Å². The summed E-state index contributed by atoms with van der Waals surface area (Å²) in [4.78, 5) is 27.6. The van der Waals surface area contributed by atoms with Gasteiger partial charge in [0.25, 0.3) is 0 Å². The first kappa shape index (κ1) is 15.3. The number of hydrogen-bond acceptors (Lipinski definition) is 4. The first-order chi connectivity index (χ1) is 10.8. The third-order valence-corrected chi connectivity index (χ3v) is 3.20. The standard InChI is InChI=1S/C18H14N2O2/c1-2-15(16-5-9-18(10-6-16)20-13-22)11-14-3-7-17(8-4-14)19-12-21/h3-11H,2H2,1H3. The van der Waals surface area contributed by atoms with E-state index in [1.54, 1.807) is 24.3 Å². The van der Waals surface area contributed by atoms with E-state index in [2.05, 4.69) is 23.0 Å². The zero-order chi connectivity index (χ0) is 15.8. The fourth-order valence-electron chi connectivity index (χ4n) is 2.09. The number of isocyanates is 2. The minimum Gasteiger partial charge on any atom is -0.211 e. The Morgan fingerprint density at radius 2 is 1.41 bits per heavy atom. The Morgan fingerprint density at radius 3 is 1.86 bits per heavy atom. The monoisotopic (exact) mass is 290 g/mol. The predicted octanol–water partition coefficient (Wildman–Crippen LogP) is 4.57. The molecule has 0 spiro atoms. The van der Waals surface area contributed by atoms with Gasteiger partial charge < -0.3 is 0 Å². The first-order valence-electron chi connectivity index (χ1n) is 6.83. The van der Waals surface area contributed by atoms with Gasteiger partial charge in [0.15, 0.2) is 0 Å². The van der Waals surface area contributed by atoms with E-state index in [1.165, 1.54) is 12.2 Å². The second kappa shape index (κ2) is 7.65. The number of nitrogens with zero attached hydrogens (tertiary/aromatic N) is 2. The molecule has 2 rings (SSSR count). The molecule has 0 saturated carbocycles. The summed E-state index contributed by atoms with van der Waals surface area (Å²) in [5.41, 5.74) is 4.43. The van der Waals surface area contributed by atoms with Gasteiger partial charge in [0.1, 0.15) is 0 Å². The van der Waals surface area contributed by atoms with Crippen molar-refractivity contribution in [2.45, 2.75) is 13.3 Å². The molecule has 2 aromatic carbocycles. The van der Waals surface area contributed by atoms with Crippen molar-refractivity contribution in [3.63, 3.8) is 0 Å². The molecule has 2 aromatic rings. The van der Waals surface area contributed by atoms with Gasteiger partial charge in [0.05, 0.1) is 11.4 Å². The quantitative estimate of drug-likeness (QED) is 0.460. The highest BCUT2D eigenvalue weighted by Gasteiger charge is 2.01. The Kier molecular flexibility index (Phi) is 5.33. The summed E-state index contributed by atoms with van der Waals surface area (Å²) in [7, 11) is 0. The second-order valence-electron chi connectivity index (χ2n) is 4.57. The average Bonchev–Trinajstić information content (AvgIpc) is 2.56. The van der Waals surface area contributed by atoms with Crippen molar-refractivity contribution in [3.8, 4) is 0 Å². The van der Waals surface area contributed by atoms with Crippen molar-refractivity contribution >= 4 is 35.2 Å². The van der Waals surface area contributed by atoms with Crippen molar-refractivity contribution in [3.05, 3.63) is 59.7 Å². The van der Waals surface area contributed by atoms with E-state index < -0.39 is 0 Å². The van der Waals surface area contributed by atoms with Gasteiger partial charge in [0, 0.05) is 0 Å². The van der Waals surface area contributed by atoms with Gasteiger partial charge in [-0.25, -0.2) is 9.59 Å². The normalized spacial score (nSPS) is 10.5. The van der Waals surface area contributed by atoms with E-state index in [4.69, 9.17) is 0 Å². The number of aliphatic imine (C=N–C) groups is 2. The van der Waals surface area contributed by atoms with Crippen LogP contribution in [0.25, 0.3) is 11.6 Å². The maximum atomic E-state index is 10.2. The molecule has 0 bridgehead atoms. The van der Waals surface area contributed by atoms with Crippen molar-refractivity contribution in [2.75, 3.05) is 0 Å². The molecule has 0 aromatic heterocycles. The van der Waals surface area contributed by atoms with Crippen LogP contribution in [0.15, 0.2) is 58.5 Å². The number of benzene rings is 2. The second-order valence-corrected chi connectivity index (χ2v) is 4.57. The molecule has 0 radical (unpaired) electrons. The topological polar surface area (TPSA) is 58.9 Å². The summed E-state index contributed by atoms with van der Waals surface area (Å²) in [6.07, 6.45) is 5.99. The van der Waals surface area contributed by atoms with Crippen LogP contribution in [0.4, 0.5) is 11.4 Å². The lowest BCUT2D eigenvalue weighted by Gasteiger charge is -2.06. The molecule has 108 valence electrons. The third kappa shape index (κ3) is 3.97. The fourth-order valence-corrected chi connectivity index (χ4v) is 2.09. The Balaban J connectivity index is 2.29. The zero-order valence-electron chi connectivity index (χ0n) is 12.1. The fraction of sp³-hybridized carbons (Fsp3) is 0.111. The van der Waals surface area contributed by atoms with E-state index >= 15 is 0 Å². The van der Waals surface area contributed by atoms with Crippen LogP contribution in [-0.4, -0.2) is 12.2 Å². The minimum absolute atomic E-state index is 0.585. The van der Waals surface area contributed by atoms with Crippen LogP contribution in [0.2, 0.25) is 0 Å². The van der Waals surface area contributed by atoms with Crippen LogP contribution in [0, 0.1) is 0 Å². The van der Waals surface area contributed by atoms with Gasteiger partial charge in [-0.2, -0.15) is 9.98 Å². The first-order valence-corrected chi connectivity index (χ1v) is 6.83. The molecule has 0 unspecified atom stereocenters. The predicted molar refractivity (Wildman–Crippen MR) is 86.6 cm³/mol. The molecule has 4 heteroatoms. The van der Waals surface area contributed by atoms with E-state index in [9.17, 15) is 9.59 Å². The van der Waals surface area contributed by atoms with Crippen LogP contribution in [-0.2, 0) is 9.59 Å². The smallest absolute Gasteiger partial charge is 0.211 e. The molecule has 0 atom stereocenters. The van der Waals surface area contributed by atoms with Crippen LogP contribution in [0.1, 0.15) is 24.5 Å². The van der Waals surface area contributed by atoms with Gasteiger partial charge in [-0.3, -0.25) is 0 Å². The summed E-state index contributed by atoms with van der Waals surface area (Å²) in [6.45, 7) is 2.08. The summed E-state index contributed by atoms with van der Waals surface area (Å²) in [6, 6.07) is 14.8. The van der Waals surface area contributed by atoms with E-state index in [0.717, 1.165) is 23.1 Å². The molecule has 0 amide bonds. The lowest BCUT2D eigenvalue weighted by Crippen LogP contribution is -1.83. The SMILES string of the molecule is CCC(=Cc1ccc(N=C=O)cc1)c1ccc(N=C=O)cc1. The van der Waals surface area contributed by atoms with E-state index in [1.807, 2.05) is 24.3 Å². The molecule has 0 saturated heterocycles. The Hall–Kier alpha value is -3.06. The van der Waals surface area contributed by atoms with Gasteiger partial charge in [0.2, 0.25) is 12.2 Å². The zero-order valence-corrected chi connectivity index (χ0v) is 12.1. The Bertz CT molecular complexity index is 762. The molecule has 0 heterocycles. The molecule has 0 aliphatic heterocycles. The maximum Gasteiger partial charge on any atom is 0.240 e. The number of rotatable bonds is 5. The number of carbonyl (C=O) groups excluding carboxylic acids is 2. The average molecular weight is 290 g/mol. The van der Waals surface area contributed by atoms with Gasteiger partial charge in [-0.1, -0.05) is 37.3 Å². The molecule has 0 aliphatic rings. The summed E-state index contributed by atoms with van der Waals surface area (Å²) in [5, 5.41) is 0. The molecule has 0 fully saturated rings. The lowest BCUT2D eigenvalue weighted by molar-refractivity contribution is 0.564. The summed E-state index contributed by atoms with van der Waals surface area (Å²) in [5.74, 6) is 0. The van der Waals surface area contributed by atoms with Crippen molar-refractivity contribution in [1.82, 2.24) is 0 Å². The molecule has 22 heavy (non-hydrogen) atoms. The van der Waals surface area contributed by atoms with Crippen molar-refractivity contribution in [1.29, 1.82) is 0 Å². The Morgan fingerprint density at radius 1 is 0.909 bits per heavy atom. The largest absolute Gasteiger partial charge is 0.240 e. The highest BCUT2D eigenvalue weighted by Crippen LogP contribution is 2.24. The highest BCUT2D eigenvalue weighted by atomic mass is 16.1. The van der Waals surface area contributed by atoms with Crippen molar-refractivity contribution < 1.29 is 9.59 Å². The van der Waals surface area contributed by atoms with Crippen molar-refractivity contribution in [2.24, 2.45) is 9.98 Å². The maximum absolute atomic E-state index is 10.2. The summed E-state index contributed by atoms with van der Waals surface area (Å²) >= 11 is 0. The van der Waals surface area contributed by atoms with Crippen LogP contribution in [0.5, 0.6) is 0 Å². The van der Waals surface area contributed by atoms with Gasteiger partial charge >= 0.3 is 0 Å². The highest BCUT2D eigenvalue weighted by molar-refractivity contribution is 5.82. The van der Waals surface area contributed by atoms with Crippen LogP contribution < -0.4 is 0 Å². The summed E-state index contributed by atoms with van der Waals surface area (Å²) < 4.78 is 0. The number of allylic oxidation sites excluding steroid dienone is 1. The lowest BCUT2D eigenvalue weighted by atomic mass is 10.0. The third-order valence-electron chi connectivity index (χ3n) is 3.20. The van der Waals surface area contributed by atoms with Gasteiger partial charge in [-0.15, -0.1) is 0 Å². The van der Waals surface area contributed by atoms with E-state index in [-0.39, 0.29) is 0 Å². The molecule has 0 aliphatic carbocycles. The van der Waals surface area contributed by atoms with Crippen LogP contribution in [0.3, 0.4) is 0 Å². The Labute approximate surface area is 128 Å². The molecular weight excluding hydrogens is 276 g/mol. The van der Waals surface area contributed by atoms with Gasteiger partial charge in [-0.05, 0) is 47.4 Å².